The Kier molecular flexibility index (Phi) is 7.95. The fraction of sp³-hybridized carbons (Fsp3) is 0.296. The average Bonchev–Trinajstić information content (AvgIpc) is 2.86. The van der Waals surface area contributed by atoms with Crippen LogP contribution < -0.4 is 4.72 Å². The van der Waals surface area contributed by atoms with E-state index in [-0.39, 0.29) is 16.1 Å². The molecule has 0 bridgehead atoms. The van der Waals surface area contributed by atoms with Crippen LogP contribution >= 0.6 is 11.8 Å². The van der Waals surface area contributed by atoms with E-state index in [1.807, 2.05) is 30.3 Å². The van der Waals surface area contributed by atoms with E-state index in [9.17, 15) is 18.3 Å². The molecule has 1 aliphatic carbocycles. The van der Waals surface area contributed by atoms with Crippen LogP contribution in [0.25, 0.3) is 0 Å². The van der Waals surface area contributed by atoms with Crippen LogP contribution in [0, 0.1) is 0 Å². The highest BCUT2D eigenvalue weighted by Gasteiger charge is 2.21. The summed E-state index contributed by atoms with van der Waals surface area (Å²) in [6.45, 7) is 0. The number of anilines is 1. The summed E-state index contributed by atoms with van der Waals surface area (Å²) in [7, 11) is -3.90. The molecule has 0 aliphatic heterocycles. The van der Waals surface area contributed by atoms with Crippen LogP contribution in [0.4, 0.5) is 5.69 Å². The maximum Gasteiger partial charge on any atom is 0.337 e. The molecule has 0 spiro atoms. The summed E-state index contributed by atoms with van der Waals surface area (Å²) in [5.74, 6) is 0.112. The number of carboxylic acids is 1. The van der Waals surface area contributed by atoms with Crippen molar-refractivity contribution in [2.75, 3.05) is 10.5 Å². The summed E-state index contributed by atoms with van der Waals surface area (Å²) in [4.78, 5) is 12.8. The molecule has 2 N–H and O–H groups in total. The molecule has 178 valence electrons. The topological polar surface area (TPSA) is 83.5 Å². The van der Waals surface area contributed by atoms with Crippen molar-refractivity contribution >= 4 is 33.4 Å². The molecule has 0 heterocycles. The van der Waals surface area contributed by atoms with Gasteiger partial charge >= 0.3 is 5.97 Å². The number of carbonyl (C=O) groups is 1. The number of sulfonamides is 1. The summed E-state index contributed by atoms with van der Waals surface area (Å²) in [5, 5.41) is 9.70. The Labute approximate surface area is 205 Å². The lowest BCUT2D eigenvalue weighted by atomic mass is 9.84. The van der Waals surface area contributed by atoms with E-state index in [1.54, 1.807) is 30.0 Å². The van der Waals surface area contributed by atoms with Gasteiger partial charge in [0.1, 0.15) is 0 Å². The zero-order valence-electron chi connectivity index (χ0n) is 18.9. The van der Waals surface area contributed by atoms with E-state index in [0.29, 0.717) is 5.92 Å². The maximum absolute atomic E-state index is 13.0. The lowest BCUT2D eigenvalue weighted by molar-refractivity contribution is 0.0697. The van der Waals surface area contributed by atoms with Crippen LogP contribution in [0.1, 0.15) is 59.5 Å². The Morgan fingerprint density at radius 3 is 2.32 bits per heavy atom. The standard InChI is InChI=1S/C27H29NO4S2/c29-27(30)25-19-23(33-18-17-20-7-3-1-4-8-20)13-16-26(25)28-34(31,32)24-14-11-22(12-15-24)21-9-5-2-6-10-21/h1,3-4,7-8,11-16,19,21,28H,2,5-6,9-10,17-18H2,(H,29,30). The smallest absolute Gasteiger partial charge is 0.337 e. The molecule has 0 amide bonds. The Balaban J connectivity index is 1.45. The number of hydrogen-bond donors (Lipinski definition) is 2. The second-order valence-electron chi connectivity index (χ2n) is 8.61. The van der Waals surface area contributed by atoms with E-state index in [0.717, 1.165) is 29.9 Å². The van der Waals surface area contributed by atoms with E-state index in [2.05, 4.69) is 16.9 Å². The second kappa shape index (κ2) is 11.1. The molecular weight excluding hydrogens is 466 g/mol. The molecule has 7 heteroatoms. The Morgan fingerprint density at radius 2 is 1.65 bits per heavy atom. The molecule has 0 unspecified atom stereocenters. The highest BCUT2D eigenvalue weighted by Crippen LogP contribution is 2.33. The molecule has 0 saturated heterocycles. The Bertz CT molecular complexity index is 1220. The maximum atomic E-state index is 13.0. The predicted octanol–water partition coefficient (Wildman–Crippen LogP) is 6.57. The fourth-order valence-corrected chi connectivity index (χ4v) is 6.39. The van der Waals surface area contributed by atoms with Crippen molar-refractivity contribution in [3.63, 3.8) is 0 Å². The predicted molar refractivity (Wildman–Crippen MR) is 137 cm³/mol. The highest BCUT2D eigenvalue weighted by molar-refractivity contribution is 7.99. The first-order valence-corrected chi connectivity index (χ1v) is 14.1. The number of nitrogens with one attached hydrogen (secondary N) is 1. The van der Waals surface area contributed by atoms with Gasteiger partial charge in [-0.15, -0.1) is 11.8 Å². The third-order valence-electron chi connectivity index (χ3n) is 6.24. The van der Waals surface area contributed by atoms with Crippen LogP contribution in [-0.4, -0.2) is 25.2 Å². The van der Waals surface area contributed by atoms with Crippen LogP contribution in [0.5, 0.6) is 0 Å². The van der Waals surface area contributed by atoms with Gasteiger partial charge < -0.3 is 5.11 Å². The van der Waals surface area contributed by atoms with Gasteiger partial charge in [-0.25, -0.2) is 13.2 Å². The number of rotatable bonds is 9. The van der Waals surface area contributed by atoms with E-state index >= 15 is 0 Å². The van der Waals surface area contributed by atoms with Gasteiger partial charge in [0.15, 0.2) is 0 Å². The molecule has 0 aromatic heterocycles. The number of thioether (sulfide) groups is 1. The van der Waals surface area contributed by atoms with Gasteiger partial charge in [0.25, 0.3) is 10.0 Å². The summed E-state index contributed by atoms with van der Waals surface area (Å²) in [6, 6.07) is 21.9. The van der Waals surface area contributed by atoms with Gasteiger partial charge in [0.05, 0.1) is 16.1 Å². The van der Waals surface area contributed by atoms with Crippen LogP contribution in [-0.2, 0) is 16.4 Å². The summed E-state index contributed by atoms with van der Waals surface area (Å²) in [6.07, 6.45) is 6.84. The zero-order chi connectivity index (χ0) is 24.0. The van der Waals surface area contributed by atoms with Crippen molar-refractivity contribution < 1.29 is 18.3 Å². The number of hydrogen-bond acceptors (Lipinski definition) is 4. The summed E-state index contributed by atoms with van der Waals surface area (Å²) >= 11 is 1.54. The minimum atomic E-state index is -3.90. The first-order chi connectivity index (χ1) is 16.4. The number of aromatic carboxylic acids is 1. The van der Waals surface area contributed by atoms with Crippen LogP contribution in [0.15, 0.2) is 82.6 Å². The third kappa shape index (κ3) is 6.21. The molecule has 0 radical (unpaired) electrons. The first-order valence-electron chi connectivity index (χ1n) is 11.6. The van der Waals surface area contributed by atoms with Crippen molar-refractivity contribution in [2.24, 2.45) is 0 Å². The Morgan fingerprint density at radius 1 is 0.941 bits per heavy atom. The zero-order valence-corrected chi connectivity index (χ0v) is 20.6. The number of aryl methyl sites for hydroxylation is 1. The number of carboxylic acid groups (broad SMARTS) is 1. The normalized spacial score (nSPS) is 14.6. The van der Waals surface area contributed by atoms with Crippen LogP contribution in [0.2, 0.25) is 0 Å². The molecule has 3 aromatic carbocycles. The van der Waals surface area contributed by atoms with E-state index in [1.165, 1.54) is 42.5 Å². The second-order valence-corrected chi connectivity index (χ2v) is 11.5. The average molecular weight is 496 g/mol. The molecule has 1 aliphatic rings. The van der Waals surface area contributed by atoms with Crippen molar-refractivity contribution in [3.8, 4) is 0 Å². The van der Waals surface area contributed by atoms with Gasteiger partial charge in [0, 0.05) is 10.6 Å². The molecule has 1 saturated carbocycles. The number of benzene rings is 3. The molecule has 34 heavy (non-hydrogen) atoms. The van der Waals surface area contributed by atoms with E-state index < -0.39 is 16.0 Å². The lowest BCUT2D eigenvalue weighted by Gasteiger charge is -2.22. The monoisotopic (exact) mass is 495 g/mol. The van der Waals surface area contributed by atoms with Crippen molar-refractivity contribution in [3.05, 3.63) is 89.5 Å². The fourth-order valence-electron chi connectivity index (χ4n) is 4.37. The first kappa shape index (κ1) is 24.4. The Hall–Kier alpha value is -2.77. The minimum Gasteiger partial charge on any atom is -0.478 e. The van der Waals surface area contributed by atoms with Crippen LogP contribution in [0.3, 0.4) is 0 Å². The quantitative estimate of drug-likeness (QED) is 0.328. The summed E-state index contributed by atoms with van der Waals surface area (Å²) in [5.41, 5.74) is 2.39. The van der Waals surface area contributed by atoms with Gasteiger partial charge in [0.2, 0.25) is 0 Å². The van der Waals surface area contributed by atoms with Gasteiger partial charge in [-0.2, -0.15) is 0 Å². The molecule has 4 rings (SSSR count). The van der Waals surface area contributed by atoms with Gasteiger partial charge in [-0.3, -0.25) is 4.72 Å². The SMILES string of the molecule is O=C(O)c1cc(SCCc2ccccc2)ccc1NS(=O)(=O)c1ccc(C2CCCCC2)cc1. The van der Waals surface area contributed by atoms with Crippen molar-refractivity contribution in [1.82, 2.24) is 0 Å². The lowest BCUT2D eigenvalue weighted by Crippen LogP contribution is -2.16. The molecule has 5 nitrogen and oxygen atoms in total. The largest absolute Gasteiger partial charge is 0.478 e. The molecule has 0 atom stereocenters. The summed E-state index contributed by atoms with van der Waals surface area (Å²) < 4.78 is 28.4. The third-order valence-corrected chi connectivity index (χ3v) is 8.61. The van der Waals surface area contributed by atoms with Gasteiger partial charge in [-0.1, -0.05) is 61.7 Å². The van der Waals surface area contributed by atoms with Crippen molar-refractivity contribution in [2.45, 2.75) is 54.2 Å². The molecule has 3 aromatic rings. The van der Waals surface area contributed by atoms with Crippen molar-refractivity contribution in [1.29, 1.82) is 0 Å². The van der Waals surface area contributed by atoms with E-state index in [4.69, 9.17) is 0 Å². The van der Waals surface area contributed by atoms with Gasteiger partial charge in [-0.05, 0) is 66.6 Å². The minimum absolute atomic E-state index is 0.0629. The highest BCUT2D eigenvalue weighted by atomic mass is 32.2. The molecule has 1 fully saturated rings. The molecular formula is C27H29NO4S2.